The SMILES string of the molecule is CCC[C@H](NC(=O)[C@@H]1C2CCC[C@H]2CN1C(=O)[C@@H](NC(=O)[C@@H](NC(=O)c1cnccn1)C1CCCCC1)C(C)(C)C)C(=O)C(=O)N[C@H](C)c1cccnc1. The van der Waals surface area contributed by atoms with E-state index in [1.165, 1.54) is 18.6 Å². The van der Waals surface area contributed by atoms with E-state index in [0.717, 1.165) is 56.9 Å². The molecule has 5 amide bonds. The van der Waals surface area contributed by atoms with Crippen LogP contribution in [0.2, 0.25) is 0 Å². The number of hydrogen-bond acceptors (Lipinski definition) is 9. The molecule has 14 nitrogen and oxygen atoms in total. The smallest absolute Gasteiger partial charge is 0.290 e. The Morgan fingerprint density at radius 1 is 0.870 bits per heavy atom. The van der Waals surface area contributed by atoms with E-state index in [-0.39, 0.29) is 29.9 Å². The van der Waals surface area contributed by atoms with Crippen LogP contribution in [0.3, 0.4) is 0 Å². The van der Waals surface area contributed by atoms with Gasteiger partial charge in [0.2, 0.25) is 23.5 Å². The van der Waals surface area contributed by atoms with E-state index >= 15 is 0 Å². The lowest BCUT2D eigenvalue weighted by Gasteiger charge is -2.38. The Morgan fingerprint density at radius 2 is 1.61 bits per heavy atom. The minimum absolute atomic E-state index is 0.0891. The molecule has 3 heterocycles. The highest BCUT2D eigenvalue weighted by atomic mass is 16.2. The summed E-state index contributed by atoms with van der Waals surface area (Å²) in [5.74, 6) is -3.58. The van der Waals surface area contributed by atoms with E-state index in [1.807, 2.05) is 27.7 Å². The normalized spacial score (nSPS) is 22.2. The number of Topliss-reactive ketones (excluding diaryl/α,β-unsaturated/α-hetero) is 1. The van der Waals surface area contributed by atoms with Crippen molar-refractivity contribution in [2.75, 3.05) is 6.54 Å². The van der Waals surface area contributed by atoms with Crippen molar-refractivity contribution in [2.45, 2.75) is 129 Å². The first-order valence-corrected chi connectivity index (χ1v) is 19.5. The molecule has 7 atom stereocenters. The second-order valence-corrected chi connectivity index (χ2v) is 16.2. The van der Waals surface area contributed by atoms with Crippen LogP contribution in [0.15, 0.2) is 43.1 Å². The molecule has 0 aromatic carbocycles. The second-order valence-electron chi connectivity index (χ2n) is 16.2. The van der Waals surface area contributed by atoms with E-state index in [4.69, 9.17) is 0 Å². The maximum Gasteiger partial charge on any atom is 0.290 e. The van der Waals surface area contributed by atoms with E-state index in [2.05, 4.69) is 36.2 Å². The van der Waals surface area contributed by atoms with E-state index in [1.54, 1.807) is 36.4 Å². The van der Waals surface area contributed by atoms with Gasteiger partial charge in [0, 0.05) is 31.3 Å². The molecular formula is C40H56N8O6. The number of amides is 5. The lowest BCUT2D eigenvalue weighted by Crippen LogP contribution is -2.62. The van der Waals surface area contributed by atoms with Gasteiger partial charge in [-0.15, -0.1) is 0 Å². The Bertz CT molecular complexity index is 1640. The fourth-order valence-corrected chi connectivity index (χ4v) is 8.37. The molecule has 0 bridgehead atoms. The first-order chi connectivity index (χ1) is 25.8. The molecule has 4 N–H and O–H groups in total. The molecule has 2 aromatic rings. The standard InChI is InChI=1S/C40H56N8O6/c1-6-12-29(33(49)38(53)44-24(2)26-16-11-18-41-21-26)45-37(52)32-28-17-10-15-27(28)23-48(32)39(54)34(40(3,4)5)47-36(51)31(25-13-8-7-9-14-25)46-35(50)30-22-42-19-20-43-30/h11,16,18-22,24-25,27-29,31-32,34H,6-10,12-15,17,23H2,1-5H3,(H,44,53)(H,45,52)(H,46,50)(H,47,51)/t24-,27+,28?,29+,31+,32+,34-/m1/s1. The quantitative estimate of drug-likeness (QED) is 0.210. The molecule has 54 heavy (non-hydrogen) atoms. The summed E-state index contributed by atoms with van der Waals surface area (Å²) in [7, 11) is 0. The third kappa shape index (κ3) is 9.67. The summed E-state index contributed by atoms with van der Waals surface area (Å²) in [4.78, 5) is 96.9. The molecule has 2 saturated carbocycles. The Balaban J connectivity index is 1.34. The van der Waals surface area contributed by atoms with Crippen LogP contribution in [0.4, 0.5) is 0 Å². The summed E-state index contributed by atoms with van der Waals surface area (Å²) < 4.78 is 0. The monoisotopic (exact) mass is 744 g/mol. The van der Waals surface area contributed by atoms with Crippen molar-refractivity contribution < 1.29 is 28.8 Å². The number of ketones is 1. The number of hydrogen-bond donors (Lipinski definition) is 4. The Hall–Kier alpha value is -4.75. The summed E-state index contributed by atoms with van der Waals surface area (Å²) in [6, 6.07) is -0.798. The van der Waals surface area contributed by atoms with Crippen LogP contribution in [-0.4, -0.2) is 85.9 Å². The Labute approximate surface area is 317 Å². The summed E-state index contributed by atoms with van der Waals surface area (Å²) in [5.41, 5.74) is 0.0641. The van der Waals surface area contributed by atoms with Gasteiger partial charge in [0.15, 0.2) is 0 Å². The average Bonchev–Trinajstić information content (AvgIpc) is 3.77. The van der Waals surface area contributed by atoms with Gasteiger partial charge in [0.25, 0.3) is 11.8 Å². The van der Waals surface area contributed by atoms with Crippen molar-refractivity contribution in [3.63, 3.8) is 0 Å². The first kappa shape index (κ1) is 40.4. The molecule has 292 valence electrons. The van der Waals surface area contributed by atoms with Gasteiger partial charge in [-0.2, -0.15) is 0 Å². The molecule has 1 unspecified atom stereocenters. The zero-order valence-corrected chi connectivity index (χ0v) is 32.2. The molecule has 3 fully saturated rings. The lowest BCUT2D eigenvalue weighted by molar-refractivity contribution is -0.146. The van der Waals surface area contributed by atoms with Crippen LogP contribution in [0.1, 0.15) is 121 Å². The fourth-order valence-electron chi connectivity index (χ4n) is 8.37. The third-order valence-electron chi connectivity index (χ3n) is 11.3. The molecule has 0 spiro atoms. The molecule has 14 heteroatoms. The zero-order valence-electron chi connectivity index (χ0n) is 32.2. The van der Waals surface area contributed by atoms with Crippen LogP contribution < -0.4 is 21.3 Å². The highest BCUT2D eigenvalue weighted by molar-refractivity contribution is 6.38. The first-order valence-electron chi connectivity index (χ1n) is 19.5. The summed E-state index contributed by atoms with van der Waals surface area (Å²) in [6.07, 6.45) is 15.2. The predicted octanol–water partition coefficient (Wildman–Crippen LogP) is 3.44. The van der Waals surface area contributed by atoms with E-state index < -0.39 is 70.9 Å². The van der Waals surface area contributed by atoms with Gasteiger partial charge in [-0.25, -0.2) is 4.98 Å². The highest BCUT2D eigenvalue weighted by Crippen LogP contribution is 2.43. The fraction of sp³-hybridized carbons (Fsp3) is 0.625. The number of carbonyl (C=O) groups excluding carboxylic acids is 6. The zero-order chi connectivity index (χ0) is 39.0. The maximum absolute atomic E-state index is 14.7. The summed E-state index contributed by atoms with van der Waals surface area (Å²) in [6.45, 7) is 9.54. The molecule has 3 aliphatic rings. The number of aromatic nitrogens is 3. The number of nitrogens with zero attached hydrogens (tertiary/aromatic N) is 4. The molecule has 2 aliphatic carbocycles. The van der Waals surface area contributed by atoms with Gasteiger partial charge in [-0.1, -0.05) is 65.9 Å². The van der Waals surface area contributed by atoms with Gasteiger partial charge in [0.1, 0.15) is 23.8 Å². The second kappa shape index (κ2) is 18.1. The van der Waals surface area contributed by atoms with Crippen LogP contribution in [0, 0.1) is 23.2 Å². The number of likely N-dealkylation sites (tertiary alicyclic amines) is 1. The van der Waals surface area contributed by atoms with Crippen LogP contribution in [0.25, 0.3) is 0 Å². The van der Waals surface area contributed by atoms with Crippen molar-refractivity contribution in [1.29, 1.82) is 0 Å². The van der Waals surface area contributed by atoms with Crippen molar-refractivity contribution in [1.82, 2.24) is 41.1 Å². The Morgan fingerprint density at radius 3 is 2.26 bits per heavy atom. The average molecular weight is 745 g/mol. The molecule has 0 radical (unpaired) electrons. The highest BCUT2D eigenvalue weighted by Gasteiger charge is 2.52. The molecule has 1 aliphatic heterocycles. The maximum atomic E-state index is 14.7. The minimum Gasteiger partial charge on any atom is -0.344 e. The number of fused-ring (bicyclic) bond motifs is 1. The predicted molar refractivity (Wildman–Crippen MR) is 200 cm³/mol. The number of rotatable bonds is 14. The molecular weight excluding hydrogens is 688 g/mol. The van der Waals surface area contributed by atoms with Crippen LogP contribution in [0.5, 0.6) is 0 Å². The number of pyridine rings is 1. The number of nitrogens with one attached hydrogen (secondary N) is 4. The molecule has 2 aromatic heterocycles. The van der Waals surface area contributed by atoms with Gasteiger partial charge in [0.05, 0.1) is 18.3 Å². The van der Waals surface area contributed by atoms with Crippen molar-refractivity contribution >= 4 is 35.3 Å². The summed E-state index contributed by atoms with van der Waals surface area (Å²) >= 11 is 0. The van der Waals surface area contributed by atoms with E-state index in [9.17, 15) is 28.8 Å². The van der Waals surface area contributed by atoms with Crippen LogP contribution >= 0.6 is 0 Å². The molecule has 5 rings (SSSR count). The number of carbonyl (C=O) groups is 6. The minimum atomic E-state index is -1.08. The topological polar surface area (TPSA) is 192 Å². The van der Waals surface area contributed by atoms with Crippen molar-refractivity contribution in [3.05, 3.63) is 54.4 Å². The molecule has 1 saturated heterocycles. The van der Waals surface area contributed by atoms with E-state index in [0.29, 0.717) is 13.0 Å². The largest absolute Gasteiger partial charge is 0.344 e. The van der Waals surface area contributed by atoms with Crippen LogP contribution in [-0.2, 0) is 24.0 Å². The van der Waals surface area contributed by atoms with Gasteiger partial charge >= 0.3 is 0 Å². The lowest BCUT2D eigenvalue weighted by atomic mass is 9.82. The third-order valence-corrected chi connectivity index (χ3v) is 11.3. The van der Waals surface area contributed by atoms with Crippen molar-refractivity contribution in [2.24, 2.45) is 23.2 Å². The van der Waals surface area contributed by atoms with Gasteiger partial charge in [-0.3, -0.25) is 38.7 Å². The Kier molecular flexibility index (Phi) is 13.5. The van der Waals surface area contributed by atoms with Crippen molar-refractivity contribution in [3.8, 4) is 0 Å². The summed E-state index contributed by atoms with van der Waals surface area (Å²) in [5, 5.41) is 11.5. The van der Waals surface area contributed by atoms with Gasteiger partial charge in [-0.05, 0) is 73.8 Å². The van der Waals surface area contributed by atoms with Gasteiger partial charge < -0.3 is 26.2 Å².